The van der Waals surface area contributed by atoms with E-state index in [1.165, 1.54) is 0 Å². The van der Waals surface area contributed by atoms with Crippen molar-refractivity contribution in [2.24, 2.45) is 17.8 Å². The van der Waals surface area contributed by atoms with Gasteiger partial charge in [-0.2, -0.15) is 0 Å². The van der Waals surface area contributed by atoms with Crippen molar-refractivity contribution in [3.63, 3.8) is 0 Å². The van der Waals surface area contributed by atoms with Gasteiger partial charge in [0.05, 0.1) is 29.2 Å². The summed E-state index contributed by atoms with van der Waals surface area (Å²) in [6.07, 6.45) is 9.58. The SMILES string of the molecule is CCCN1CC=C[C@H]2S[C@]34C=CCN(c5ccc6ccccc6c5)C(=O)C3N([C@@H](CO)CC(C)C)C(=O)[C@@H]4[C@H]2C1=O. The van der Waals surface area contributed by atoms with Crippen LogP contribution in [-0.2, 0) is 14.4 Å². The molecule has 0 aliphatic carbocycles. The van der Waals surface area contributed by atoms with Crippen LogP contribution in [0.5, 0.6) is 0 Å². The molecule has 2 fully saturated rings. The average Bonchev–Trinajstić information content (AvgIpc) is 3.29. The van der Waals surface area contributed by atoms with Gasteiger partial charge in [-0.15, -0.1) is 11.8 Å². The second-order valence-corrected chi connectivity index (χ2v) is 13.6. The molecule has 2 aromatic carbocycles. The minimum atomic E-state index is -0.894. The highest BCUT2D eigenvalue weighted by molar-refractivity contribution is 8.02. The summed E-state index contributed by atoms with van der Waals surface area (Å²) >= 11 is 1.59. The normalized spacial score (nSPS) is 30.1. The predicted molar refractivity (Wildman–Crippen MR) is 164 cm³/mol. The van der Waals surface area contributed by atoms with E-state index < -0.39 is 28.7 Å². The van der Waals surface area contributed by atoms with Gasteiger partial charge >= 0.3 is 0 Å². The van der Waals surface area contributed by atoms with Crippen LogP contribution in [0.2, 0.25) is 0 Å². The first-order valence-corrected chi connectivity index (χ1v) is 15.7. The van der Waals surface area contributed by atoms with Gasteiger partial charge in [-0.05, 0) is 41.7 Å². The molecule has 8 heteroatoms. The molecule has 2 saturated heterocycles. The molecule has 0 radical (unpaired) electrons. The van der Waals surface area contributed by atoms with E-state index in [1.807, 2.05) is 65.6 Å². The molecule has 41 heavy (non-hydrogen) atoms. The number of rotatable bonds is 7. The lowest BCUT2D eigenvalue weighted by molar-refractivity contribution is -0.144. The van der Waals surface area contributed by atoms with Crippen molar-refractivity contribution in [3.05, 3.63) is 66.8 Å². The summed E-state index contributed by atoms with van der Waals surface area (Å²) in [4.78, 5) is 48.7. The Morgan fingerprint density at radius 2 is 1.78 bits per heavy atom. The van der Waals surface area contributed by atoms with E-state index in [0.29, 0.717) is 26.1 Å². The van der Waals surface area contributed by atoms with Gasteiger partial charge in [0.25, 0.3) is 5.91 Å². The van der Waals surface area contributed by atoms with E-state index in [0.717, 1.165) is 22.9 Å². The van der Waals surface area contributed by atoms with E-state index in [1.54, 1.807) is 21.6 Å². The molecule has 7 nitrogen and oxygen atoms in total. The Kier molecular flexibility index (Phi) is 7.49. The molecular formula is C33H39N3O4S. The van der Waals surface area contributed by atoms with Gasteiger partial charge in [-0.3, -0.25) is 14.4 Å². The monoisotopic (exact) mass is 573 g/mol. The fraction of sp³-hybridized carbons (Fsp3) is 0.485. The van der Waals surface area contributed by atoms with Crippen LogP contribution in [0, 0.1) is 17.8 Å². The number of carbonyl (C=O) groups excluding carboxylic acids is 3. The average molecular weight is 574 g/mol. The molecule has 6 rings (SSSR count). The molecule has 2 aromatic rings. The van der Waals surface area contributed by atoms with E-state index in [4.69, 9.17) is 0 Å². The highest BCUT2D eigenvalue weighted by Gasteiger charge is 2.71. The molecular weight excluding hydrogens is 534 g/mol. The van der Waals surface area contributed by atoms with Crippen molar-refractivity contribution >= 4 is 45.9 Å². The fourth-order valence-electron chi connectivity index (χ4n) is 7.39. The lowest BCUT2D eigenvalue weighted by Gasteiger charge is -2.39. The Bertz CT molecular complexity index is 1420. The number of nitrogens with zero attached hydrogens (tertiary/aromatic N) is 3. The zero-order valence-corrected chi connectivity index (χ0v) is 24.8. The molecule has 3 amide bonds. The van der Waals surface area contributed by atoms with Gasteiger partial charge in [-0.25, -0.2) is 0 Å². The smallest absolute Gasteiger partial charge is 0.251 e. The Morgan fingerprint density at radius 1 is 1.00 bits per heavy atom. The topological polar surface area (TPSA) is 81.2 Å². The Hall–Kier alpha value is -3.10. The second kappa shape index (κ2) is 11.0. The molecule has 0 bridgehead atoms. The van der Waals surface area contributed by atoms with Crippen LogP contribution in [0.1, 0.15) is 33.6 Å². The number of aliphatic hydroxyl groups is 1. The van der Waals surface area contributed by atoms with Crippen LogP contribution < -0.4 is 4.90 Å². The van der Waals surface area contributed by atoms with Crippen LogP contribution in [-0.4, -0.2) is 80.9 Å². The van der Waals surface area contributed by atoms with Crippen LogP contribution in [0.3, 0.4) is 0 Å². The number of carbonyl (C=O) groups is 3. The Morgan fingerprint density at radius 3 is 2.51 bits per heavy atom. The number of aliphatic hydroxyl groups excluding tert-OH is 1. The molecule has 0 saturated carbocycles. The minimum absolute atomic E-state index is 0.00827. The maximum absolute atomic E-state index is 14.8. The number of hydrogen-bond acceptors (Lipinski definition) is 5. The highest BCUT2D eigenvalue weighted by Crippen LogP contribution is 2.61. The predicted octanol–water partition coefficient (Wildman–Crippen LogP) is 4.26. The summed E-state index contributed by atoms with van der Waals surface area (Å²) in [5, 5.41) is 12.5. The van der Waals surface area contributed by atoms with Gasteiger partial charge in [0.1, 0.15) is 6.04 Å². The zero-order valence-electron chi connectivity index (χ0n) is 24.0. The standard InChI is InChI=1S/C33H39N3O4S/c1-4-15-34-16-7-11-26-27(30(34)38)28-31(39)36(25(20-37)18-21(2)3)29-32(40)35(17-8-14-33(28,29)41-26)24-13-12-22-9-5-6-10-23(22)19-24/h5-14,19,21,25-29,37H,4,15-18,20H2,1-3H3/t25-,26-,27+,28+,29?,33+/m1/s1. The Balaban J connectivity index is 1.47. The Labute approximate surface area is 246 Å². The largest absolute Gasteiger partial charge is 0.394 e. The number of anilines is 1. The lowest BCUT2D eigenvalue weighted by atomic mass is 9.78. The van der Waals surface area contributed by atoms with Crippen LogP contribution >= 0.6 is 11.8 Å². The quantitative estimate of drug-likeness (QED) is 0.501. The zero-order chi connectivity index (χ0) is 28.9. The summed E-state index contributed by atoms with van der Waals surface area (Å²) in [7, 11) is 0. The summed E-state index contributed by atoms with van der Waals surface area (Å²) in [5.41, 5.74) is 0.776. The van der Waals surface area contributed by atoms with Gasteiger partial charge in [0.2, 0.25) is 11.8 Å². The summed E-state index contributed by atoms with van der Waals surface area (Å²) in [6.45, 7) is 7.48. The fourth-order valence-corrected chi connectivity index (χ4v) is 9.38. The summed E-state index contributed by atoms with van der Waals surface area (Å²) < 4.78 is -0.894. The number of benzene rings is 2. The minimum Gasteiger partial charge on any atom is -0.394 e. The number of fused-ring (bicyclic) bond motifs is 3. The van der Waals surface area contributed by atoms with Gasteiger partial charge in [0, 0.05) is 30.6 Å². The van der Waals surface area contributed by atoms with Crippen molar-refractivity contribution < 1.29 is 19.5 Å². The van der Waals surface area contributed by atoms with Crippen LogP contribution in [0.15, 0.2) is 66.8 Å². The van der Waals surface area contributed by atoms with E-state index >= 15 is 0 Å². The van der Waals surface area contributed by atoms with Gasteiger partial charge < -0.3 is 19.8 Å². The third-order valence-corrected chi connectivity index (χ3v) is 10.8. The van der Waals surface area contributed by atoms with Gasteiger partial charge in [0.15, 0.2) is 0 Å². The van der Waals surface area contributed by atoms with Crippen molar-refractivity contribution in [3.8, 4) is 0 Å². The molecule has 4 aliphatic heterocycles. The maximum atomic E-state index is 14.8. The molecule has 1 spiro atoms. The molecule has 216 valence electrons. The van der Waals surface area contributed by atoms with Crippen molar-refractivity contribution in [1.82, 2.24) is 9.80 Å². The molecule has 1 N–H and O–H groups in total. The van der Waals surface area contributed by atoms with Crippen LogP contribution in [0.4, 0.5) is 5.69 Å². The molecule has 4 heterocycles. The van der Waals surface area contributed by atoms with Crippen LogP contribution in [0.25, 0.3) is 10.8 Å². The number of amides is 3. The molecule has 6 atom stereocenters. The number of thioether (sulfide) groups is 1. The summed E-state index contributed by atoms with van der Waals surface area (Å²) in [5.74, 6) is -1.36. The molecule has 4 aliphatic rings. The number of hydrogen-bond donors (Lipinski definition) is 1. The van der Waals surface area contributed by atoms with E-state index in [2.05, 4.69) is 26.8 Å². The molecule has 0 aromatic heterocycles. The van der Waals surface area contributed by atoms with E-state index in [9.17, 15) is 19.5 Å². The maximum Gasteiger partial charge on any atom is 0.251 e. The number of likely N-dealkylation sites (tertiary alicyclic amines) is 1. The highest BCUT2D eigenvalue weighted by atomic mass is 32.2. The van der Waals surface area contributed by atoms with Crippen molar-refractivity contribution in [2.45, 2.75) is 55.7 Å². The first-order chi connectivity index (χ1) is 19.8. The first-order valence-electron chi connectivity index (χ1n) is 14.8. The van der Waals surface area contributed by atoms with E-state index in [-0.39, 0.29) is 35.5 Å². The second-order valence-electron chi connectivity index (χ2n) is 12.1. The van der Waals surface area contributed by atoms with Crippen molar-refractivity contribution in [1.29, 1.82) is 0 Å². The third-order valence-electron chi connectivity index (χ3n) is 9.07. The lowest BCUT2D eigenvalue weighted by Crippen LogP contribution is -2.57. The molecule has 1 unspecified atom stereocenters. The van der Waals surface area contributed by atoms with Crippen molar-refractivity contribution in [2.75, 3.05) is 31.1 Å². The third kappa shape index (κ3) is 4.50. The first kappa shape index (κ1) is 28.0. The summed E-state index contributed by atoms with van der Waals surface area (Å²) in [6, 6.07) is 12.7. The van der Waals surface area contributed by atoms with Gasteiger partial charge in [-0.1, -0.05) is 75.4 Å².